The first-order valence-electron chi connectivity index (χ1n) is 8.89. The van der Waals surface area contributed by atoms with Gasteiger partial charge in [-0.25, -0.2) is 14.4 Å². The zero-order valence-corrected chi connectivity index (χ0v) is 15.9. The maximum absolute atomic E-state index is 14.1. The maximum atomic E-state index is 14.1. The number of hydrogen-bond donors (Lipinski definition) is 1. The van der Waals surface area contributed by atoms with Gasteiger partial charge in [-0.3, -0.25) is 0 Å². The number of hydrogen-bond acceptors (Lipinski definition) is 5. The summed E-state index contributed by atoms with van der Waals surface area (Å²) in [6, 6.07) is 12.1. The number of rotatable bonds is 4. The Morgan fingerprint density at radius 2 is 1.84 bits per heavy atom. The molecule has 0 amide bonds. The molecule has 1 N–H and O–H groups in total. The van der Waals surface area contributed by atoms with E-state index in [1.54, 1.807) is 35.9 Å². The van der Waals surface area contributed by atoms with Crippen molar-refractivity contribution in [2.45, 2.75) is 6.18 Å². The second-order valence-corrected chi connectivity index (χ2v) is 6.55. The van der Waals surface area contributed by atoms with Crippen molar-refractivity contribution in [2.75, 3.05) is 5.32 Å². The first-order chi connectivity index (χ1) is 14.7. The predicted molar refractivity (Wildman–Crippen MR) is 104 cm³/mol. The van der Waals surface area contributed by atoms with Crippen LogP contribution in [0.3, 0.4) is 0 Å². The van der Waals surface area contributed by atoms with Gasteiger partial charge >= 0.3 is 6.18 Å². The molecule has 0 fully saturated rings. The molecule has 31 heavy (non-hydrogen) atoms. The topological polar surface area (TPSA) is 75.8 Å². The molecule has 0 aliphatic heterocycles. The van der Waals surface area contributed by atoms with Gasteiger partial charge in [0.25, 0.3) is 0 Å². The minimum atomic E-state index is -4.60. The van der Waals surface area contributed by atoms with Crippen LogP contribution in [0.25, 0.3) is 11.0 Å². The number of fused-ring (bicyclic) bond motifs is 1. The highest BCUT2D eigenvalue weighted by Crippen LogP contribution is 2.33. The minimum Gasteiger partial charge on any atom is -0.457 e. The zero-order chi connectivity index (χ0) is 22.2. The lowest BCUT2D eigenvalue weighted by molar-refractivity contribution is -0.137. The van der Waals surface area contributed by atoms with Crippen molar-refractivity contribution in [1.29, 1.82) is 5.26 Å². The Labute approximate surface area is 173 Å². The summed E-state index contributed by atoms with van der Waals surface area (Å²) in [5, 5.41) is 11.5. The molecule has 2 aromatic heterocycles. The fourth-order valence-electron chi connectivity index (χ4n) is 2.94. The Morgan fingerprint density at radius 3 is 2.58 bits per heavy atom. The first-order valence-corrected chi connectivity index (χ1v) is 8.89. The Bertz CT molecular complexity index is 1320. The Kier molecular flexibility index (Phi) is 4.94. The molecule has 4 aromatic rings. The summed E-state index contributed by atoms with van der Waals surface area (Å²) in [5.41, 5.74) is 0.00982. The van der Waals surface area contributed by atoms with Gasteiger partial charge in [-0.15, -0.1) is 0 Å². The summed E-state index contributed by atoms with van der Waals surface area (Å²) in [4.78, 5) is 8.20. The van der Waals surface area contributed by atoms with E-state index in [1.807, 2.05) is 6.07 Å². The number of nitriles is 1. The van der Waals surface area contributed by atoms with Crippen molar-refractivity contribution in [3.05, 3.63) is 71.8 Å². The van der Waals surface area contributed by atoms with Crippen molar-refractivity contribution < 1.29 is 22.3 Å². The Morgan fingerprint density at radius 1 is 1.06 bits per heavy atom. The lowest BCUT2D eigenvalue weighted by atomic mass is 10.2. The van der Waals surface area contributed by atoms with Gasteiger partial charge in [0, 0.05) is 25.4 Å². The SMILES string of the molecule is Cn1c(Nc2cc(C(F)(F)F)ccc2F)nc2cc(Oc3ccnc(C#N)c3)ccc21. The number of ether oxygens (including phenoxy) is 1. The molecule has 10 heteroatoms. The lowest BCUT2D eigenvalue weighted by Crippen LogP contribution is -2.07. The fraction of sp³-hybridized carbons (Fsp3) is 0.0952. The molecule has 6 nitrogen and oxygen atoms in total. The number of halogens is 4. The number of nitrogens with zero attached hydrogens (tertiary/aromatic N) is 4. The second-order valence-electron chi connectivity index (χ2n) is 6.55. The third kappa shape index (κ3) is 4.11. The number of benzene rings is 2. The van der Waals surface area contributed by atoms with E-state index in [2.05, 4.69) is 15.3 Å². The highest BCUT2D eigenvalue weighted by Gasteiger charge is 2.31. The number of nitrogens with one attached hydrogen (secondary N) is 1. The van der Waals surface area contributed by atoms with E-state index >= 15 is 0 Å². The van der Waals surface area contributed by atoms with Gasteiger partial charge in [-0.05, 0) is 36.4 Å². The number of imidazole rings is 1. The monoisotopic (exact) mass is 427 g/mol. The normalized spacial score (nSPS) is 11.4. The third-order valence-corrected chi connectivity index (χ3v) is 4.47. The number of aromatic nitrogens is 3. The van der Waals surface area contributed by atoms with Crippen molar-refractivity contribution in [3.63, 3.8) is 0 Å². The van der Waals surface area contributed by atoms with Crippen LogP contribution in [0.5, 0.6) is 11.5 Å². The summed E-state index contributed by atoms with van der Waals surface area (Å²) in [7, 11) is 1.64. The van der Waals surface area contributed by atoms with Crippen LogP contribution in [0.15, 0.2) is 54.7 Å². The highest BCUT2D eigenvalue weighted by atomic mass is 19.4. The van der Waals surface area contributed by atoms with E-state index in [1.165, 1.54) is 12.3 Å². The van der Waals surface area contributed by atoms with Crippen LogP contribution >= 0.6 is 0 Å². The number of anilines is 2. The van der Waals surface area contributed by atoms with Gasteiger partial charge in [-0.1, -0.05) is 0 Å². The van der Waals surface area contributed by atoms with E-state index in [9.17, 15) is 17.6 Å². The van der Waals surface area contributed by atoms with Crippen molar-refractivity contribution in [3.8, 4) is 17.6 Å². The number of aryl methyl sites for hydroxylation is 1. The molecule has 156 valence electrons. The fourth-order valence-corrected chi connectivity index (χ4v) is 2.94. The van der Waals surface area contributed by atoms with Crippen LogP contribution in [0.2, 0.25) is 0 Å². The highest BCUT2D eigenvalue weighted by molar-refractivity contribution is 5.81. The van der Waals surface area contributed by atoms with Gasteiger partial charge in [0.05, 0.1) is 22.3 Å². The molecular formula is C21H13F4N5O. The average Bonchev–Trinajstić information content (AvgIpc) is 3.03. The molecule has 0 unspecified atom stereocenters. The van der Waals surface area contributed by atoms with E-state index in [0.717, 1.165) is 6.07 Å². The quantitative estimate of drug-likeness (QED) is 0.433. The van der Waals surface area contributed by atoms with Crippen molar-refractivity contribution in [2.24, 2.45) is 7.05 Å². The molecule has 0 aliphatic rings. The third-order valence-electron chi connectivity index (χ3n) is 4.47. The number of pyridine rings is 1. The molecule has 2 heterocycles. The average molecular weight is 427 g/mol. The van der Waals surface area contributed by atoms with E-state index in [4.69, 9.17) is 10.00 Å². The summed E-state index contributed by atoms with van der Waals surface area (Å²) in [6.07, 6.45) is -3.15. The van der Waals surface area contributed by atoms with Crippen LogP contribution in [-0.2, 0) is 13.2 Å². The van der Waals surface area contributed by atoms with Gasteiger partial charge in [-0.2, -0.15) is 18.4 Å². The van der Waals surface area contributed by atoms with E-state index in [0.29, 0.717) is 34.7 Å². The molecule has 0 spiro atoms. The molecule has 0 saturated carbocycles. The first kappa shape index (κ1) is 20.2. The lowest BCUT2D eigenvalue weighted by Gasteiger charge is -2.11. The number of alkyl halides is 3. The summed E-state index contributed by atoms with van der Waals surface area (Å²) >= 11 is 0. The zero-order valence-electron chi connectivity index (χ0n) is 15.9. The molecule has 0 bridgehead atoms. The largest absolute Gasteiger partial charge is 0.457 e. The molecule has 4 rings (SSSR count). The van der Waals surface area contributed by atoms with Gasteiger partial charge in [0.1, 0.15) is 29.1 Å². The van der Waals surface area contributed by atoms with Crippen LogP contribution in [0.4, 0.5) is 29.2 Å². The minimum absolute atomic E-state index is 0.154. The molecule has 2 aromatic carbocycles. The predicted octanol–water partition coefficient (Wildman–Crippen LogP) is 5.53. The van der Waals surface area contributed by atoms with Crippen LogP contribution in [0, 0.1) is 17.1 Å². The van der Waals surface area contributed by atoms with Crippen LogP contribution < -0.4 is 10.1 Å². The van der Waals surface area contributed by atoms with Gasteiger partial charge < -0.3 is 14.6 Å². The smallest absolute Gasteiger partial charge is 0.416 e. The summed E-state index contributed by atoms with van der Waals surface area (Å²) in [5.74, 6) is 0.153. The van der Waals surface area contributed by atoms with E-state index < -0.39 is 17.6 Å². The summed E-state index contributed by atoms with van der Waals surface area (Å²) in [6.45, 7) is 0. The van der Waals surface area contributed by atoms with Crippen molar-refractivity contribution >= 4 is 22.7 Å². The molecule has 0 radical (unpaired) electrons. The standard InChI is InChI=1S/C21H13F4N5O/c1-30-19-5-3-14(31-15-6-7-27-13(9-15)11-26)10-18(19)29-20(30)28-17-8-12(21(23,24)25)2-4-16(17)22/h2-10H,1H3,(H,28,29). The van der Waals surface area contributed by atoms with E-state index in [-0.39, 0.29) is 17.3 Å². The molecular weight excluding hydrogens is 414 g/mol. The second kappa shape index (κ2) is 7.60. The Hall–Kier alpha value is -4.13. The molecule has 0 atom stereocenters. The maximum Gasteiger partial charge on any atom is 0.416 e. The molecule has 0 aliphatic carbocycles. The van der Waals surface area contributed by atoms with Crippen LogP contribution in [-0.4, -0.2) is 14.5 Å². The van der Waals surface area contributed by atoms with Crippen LogP contribution in [0.1, 0.15) is 11.3 Å². The molecule has 0 saturated heterocycles. The Balaban J connectivity index is 1.65. The van der Waals surface area contributed by atoms with Crippen molar-refractivity contribution in [1.82, 2.24) is 14.5 Å². The van der Waals surface area contributed by atoms with Gasteiger partial charge in [0.2, 0.25) is 5.95 Å². The summed E-state index contributed by atoms with van der Waals surface area (Å²) < 4.78 is 60.2. The van der Waals surface area contributed by atoms with Gasteiger partial charge in [0.15, 0.2) is 0 Å².